The van der Waals surface area contributed by atoms with Gasteiger partial charge in [-0.3, -0.25) is 4.79 Å². The van der Waals surface area contributed by atoms with Gasteiger partial charge in [-0.15, -0.1) is 0 Å². The lowest BCUT2D eigenvalue weighted by Gasteiger charge is -2.20. The third kappa shape index (κ3) is 4.94. The number of esters is 1. The van der Waals surface area contributed by atoms with Crippen LogP contribution in [0.3, 0.4) is 0 Å². The molecule has 0 aliphatic heterocycles. The molecule has 1 heterocycles. The van der Waals surface area contributed by atoms with Gasteiger partial charge in [0.25, 0.3) is 0 Å². The lowest BCUT2D eigenvalue weighted by molar-refractivity contribution is -0.150. The molecule has 1 aliphatic carbocycles. The maximum absolute atomic E-state index is 13.0. The van der Waals surface area contributed by atoms with Crippen molar-refractivity contribution in [3.63, 3.8) is 0 Å². The first kappa shape index (κ1) is 22.1. The van der Waals surface area contributed by atoms with E-state index in [1.807, 2.05) is 36.9 Å². The van der Waals surface area contributed by atoms with Gasteiger partial charge >= 0.3 is 5.97 Å². The molecule has 2 aromatic rings. The molecule has 1 fully saturated rings. The zero-order chi connectivity index (χ0) is 20.7. The molecule has 0 radical (unpaired) electrons. The number of alkyl halides is 4. The highest BCUT2D eigenvalue weighted by molar-refractivity contribution is 9.13. The van der Waals surface area contributed by atoms with Crippen molar-refractivity contribution in [2.75, 3.05) is 0 Å². The van der Waals surface area contributed by atoms with Crippen molar-refractivity contribution in [2.24, 2.45) is 17.3 Å². The van der Waals surface area contributed by atoms with Gasteiger partial charge in [0.1, 0.15) is 5.82 Å². The van der Waals surface area contributed by atoms with Crippen LogP contribution in [-0.4, -0.2) is 18.6 Å². The summed E-state index contributed by atoms with van der Waals surface area (Å²) in [7, 11) is 0. The number of halogens is 5. The highest BCUT2D eigenvalue weighted by Gasteiger charge is 2.67. The van der Waals surface area contributed by atoms with Crippen LogP contribution in [0.2, 0.25) is 0 Å². The van der Waals surface area contributed by atoms with Crippen molar-refractivity contribution < 1.29 is 13.9 Å². The largest absolute Gasteiger partial charge is 0.444 e. The summed E-state index contributed by atoms with van der Waals surface area (Å²) in [5.74, 6) is -0.826. The minimum Gasteiger partial charge on any atom is -0.444 e. The fraction of sp³-hybridized carbons (Fsp3) is 0.450. The number of rotatable bonds is 7. The van der Waals surface area contributed by atoms with Gasteiger partial charge < -0.3 is 9.30 Å². The fourth-order valence-corrected chi connectivity index (χ4v) is 5.16. The fourth-order valence-electron chi connectivity index (χ4n) is 3.62. The highest BCUT2D eigenvalue weighted by Crippen LogP contribution is 2.65. The minimum absolute atomic E-state index is 0.0342. The molecule has 1 aliphatic rings. The van der Waals surface area contributed by atoms with Crippen LogP contribution in [0.15, 0.2) is 42.7 Å². The molecule has 1 aromatic carbocycles. The van der Waals surface area contributed by atoms with Crippen LogP contribution in [0.4, 0.5) is 4.39 Å². The number of carbonyl (C=O) groups excluding carboxylic acids is 1. The highest BCUT2D eigenvalue weighted by atomic mass is 79.9. The molecule has 3 atom stereocenters. The first-order chi connectivity index (χ1) is 13.0. The third-order valence-corrected chi connectivity index (χ3v) is 8.64. The molecule has 0 saturated heterocycles. The van der Waals surface area contributed by atoms with Gasteiger partial charge in [0.15, 0.2) is 9.97 Å². The van der Waals surface area contributed by atoms with Crippen molar-refractivity contribution in [1.82, 2.24) is 4.57 Å². The number of aromatic nitrogens is 1. The summed E-state index contributed by atoms with van der Waals surface area (Å²) < 4.78 is 19.2. The standard InChI is InChI=1S/C20H20Br2Cl2FNO2/c1-19(2)15(17(21)20(22,23)24)16(19)18(27)28-11-26-8-7-13(10-26)9-12-3-5-14(25)6-4-12/h3-8,10,15-17H,9,11H2,1-2H3. The van der Waals surface area contributed by atoms with E-state index in [0.29, 0.717) is 6.42 Å². The van der Waals surface area contributed by atoms with E-state index in [4.69, 9.17) is 27.9 Å². The van der Waals surface area contributed by atoms with Crippen LogP contribution in [-0.2, 0) is 22.7 Å². The molecule has 0 N–H and O–H groups in total. The molecule has 0 bridgehead atoms. The lowest BCUT2D eigenvalue weighted by Crippen LogP contribution is -2.23. The molecular weight excluding hydrogens is 536 g/mol. The second-order valence-electron chi connectivity index (χ2n) is 7.70. The predicted octanol–water partition coefficient (Wildman–Crippen LogP) is 6.28. The van der Waals surface area contributed by atoms with Crippen molar-refractivity contribution in [3.8, 4) is 0 Å². The van der Waals surface area contributed by atoms with E-state index in [2.05, 4.69) is 31.9 Å². The number of carbonyl (C=O) groups is 1. The van der Waals surface area contributed by atoms with Gasteiger partial charge in [0.05, 0.1) is 10.7 Å². The number of benzene rings is 1. The van der Waals surface area contributed by atoms with Crippen molar-refractivity contribution in [2.45, 2.75) is 35.1 Å². The molecule has 28 heavy (non-hydrogen) atoms. The zero-order valence-corrected chi connectivity index (χ0v) is 20.0. The second kappa shape index (κ2) is 8.29. The molecule has 3 unspecified atom stereocenters. The van der Waals surface area contributed by atoms with Gasteiger partial charge in [-0.05, 0) is 63.0 Å². The van der Waals surface area contributed by atoms with Crippen molar-refractivity contribution >= 4 is 61.0 Å². The van der Waals surface area contributed by atoms with E-state index in [-0.39, 0.29) is 40.6 Å². The Hall–Kier alpha value is -0.560. The summed E-state index contributed by atoms with van der Waals surface area (Å²) in [4.78, 5) is 12.3. The molecule has 3 rings (SSSR count). The Bertz CT molecular complexity index is 849. The second-order valence-corrected chi connectivity index (χ2v) is 12.2. The molecule has 8 heteroatoms. The Balaban J connectivity index is 1.55. The number of nitrogens with zero attached hydrogens (tertiary/aromatic N) is 1. The van der Waals surface area contributed by atoms with Crippen molar-refractivity contribution in [1.29, 1.82) is 0 Å². The van der Waals surface area contributed by atoms with E-state index < -0.39 is 3.24 Å². The van der Waals surface area contributed by atoms with E-state index >= 15 is 0 Å². The molecular formula is C20H20Br2Cl2FNO2. The summed E-state index contributed by atoms with van der Waals surface area (Å²) in [5.41, 5.74) is 1.82. The smallest absolute Gasteiger partial charge is 0.311 e. The molecule has 152 valence electrons. The van der Waals surface area contributed by atoms with E-state index in [9.17, 15) is 9.18 Å². The lowest BCUT2D eigenvalue weighted by atomic mass is 10.1. The number of hydrogen-bond acceptors (Lipinski definition) is 2. The van der Waals surface area contributed by atoms with Crippen molar-refractivity contribution in [3.05, 3.63) is 59.7 Å². The Morgan fingerprint density at radius 2 is 1.93 bits per heavy atom. The molecule has 0 amide bonds. The van der Waals surface area contributed by atoms with Crippen LogP contribution >= 0.6 is 55.1 Å². The van der Waals surface area contributed by atoms with Crippen LogP contribution in [0.5, 0.6) is 0 Å². The van der Waals surface area contributed by atoms with Gasteiger partial charge in [0.2, 0.25) is 0 Å². The van der Waals surface area contributed by atoms with E-state index in [0.717, 1.165) is 11.1 Å². The van der Waals surface area contributed by atoms with E-state index in [1.54, 1.807) is 12.1 Å². The van der Waals surface area contributed by atoms with Gasteiger partial charge in [0, 0.05) is 12.4 Å². The SMILES string of the molecule is CC1(C)C(C(=O)OCn2ccc(Cc3ccc(F)cc3)c2)C1C(Br)C(Cl)(Cl)Br. The normalized spacial score (nSPS) is 22.0. The summed E-state index contributed by atoms with van der Waals surface area (Å²) >= 11 is 19.0. The maximum Gasteiger partial charge on any atom is 0.311 e. The average Bonchev–Trinajstić information content (AvgIpc) is 2.94. The van der Waals surface area contributed by atoms with Gasteiger partial charge in [-0.2, -0.15) is 0 Å². The monoisotopic (exact) mass is 553 g/mol. The third-order valence-electron chi connectivity index (χ3n) is 5.28. The van der Waals surface area contributed by atoms with Crippen LogP contribution in [0, 0.1) is 23.1 Å². The Morgan fingerprint density at radius 1 is 1.29 bits per heavy atom. The summed E-state index contributed by atoms with van der Waals surface area (Å²) in [5, 5.41) is 0. The minimum atomic E-state index is -1.15. The molecule has 3 nitrogen and oxygen atoms in total. The molecule has 1 saturated carbocycles. The quantitative estimate of drug-likeness (QED) is 0.297. The predicted molar refractivity (Wildman–Crippen MR) is 117 cm³/mol. The Morgan fingerprint density at radius 3 is 2.54 bits per heavy atom. The van der Waals surface area contributed by atoms with Crippen LogP contribution in [0.1, 0.15) is 25.0 Å². The summed E-state index contributed by atoms with van der Waals surface area (Å²) in [6.45, 7) is 4.14. The first-order valence-corrected chi connectivity index (χ1v) is 11.2. The van der Waals surface area contributed by atoms with Crippen LogP contribution < -0.4 is 0 Å². The van der Waals surface area contributed by atoms with Gasteiger partial charge in [-0.1, -0.05) is 65.1 Å². The summed E-state index contributed by atoms with van der Waals surface area (Å²) in [6.07, 6.45) is 4.46. The van der Waals surface area contributed by atoms with E-state index in [1.165, 1.54) is 12.1 Å². The maximum atomic E-state index is 13.0. The Kier molecular flexibility index (Phi) is 6.55. The van der Waals surface area contributed by atoms with Gasteiger partial charge in [-0.25, -0.2) is 4.39 Å². The Labute approximate surface area is 190 Å². The molecule has 0 spiro atoms. The number of ether oxygens (including phenoxy) is 1. The topological polar surface area (TPSA) is 31.2 Å². The zero-order valence-electron chi connectivity index (χ0n) is 15.3. The van der Waals surface area contributed by atoms with Crippen LogP contribution in [0.25, 0.3) is 0 Å². The number of hydrogen-bond donors (Lipinski definition) is 0. The average molecular weight is 556 g/mol. The molecule has 1 aromatic heterocycles. The first-order valence-electron chi connectivity index (χ1n) is 8.76. The summed E-state index contributed by atoms with van der Waals surface area (Å²) in [6, 6.07) is 8.37.